The van der Waals surface area contributed by atoms with Crippen LogP contribution in [0.2, 0.25) is 0 Å². The Kier molecular flexibility index (Phi) is 4.83. The van der Waals surface area contributed by atoms with Crippen molar-refractivity contribution in [3.05, 3.63) is 29.6 Å². The number of carbonyl (C=O) groups excluding carboxylic acids is 2. The molecule has 0 atom stereocenters. The van der Waals surface area contributed by atoms with Gasteiger partial charge in [-0.05, 0) is 26.0 Å². The second-order valence-corrected chi connectivity index (χ2v) is 4.37. The molecular weight excluding hydrogens is 235 g/mol. The Hall–Kier alpha value is -1.91. The van der Waals surface area contributed by atoms with Crippen LogP contribution in [0.15, 0.2) is 18.2 Å². The first-order valence-electron chi connectivity index (χ1n) is 5.70. The number of likely N-dealkylation sites (N-methyl/N-ethyl adjacent to an activating group) is 1. The molecule has 18 heavy (non-hydrogen) atoms. The van der Waals surface area contributed by atoms with Crippen molar-refractivity contribution < 1.29 is 14.0 Å². The fourth-order valence-corrected chi connectivity index (χ4v) is 1.69. The van der Waals surface area contributed by atoms with Crippen molar-refractivity contribution in [2.75, 3.05) is 18.5 Å². The lowest BCUT2D eigenvalue weighted by atomic mass is 10.1. The molecule has 4 nitrogen and oxygen atoms in total. The van der Waals surface area contributed by atoms with Crippen LogP contribution in [0.5, 0.6) is 0 Å². The fourth-order valence-electron chi connectivity index (χ4n) is 1.69. The number of aldehydes is 1. The maximum absolute atomic E-state index is 13.7. The van der Waals surface area contributed by atoms with Gasteiger partial charge in [0.25, 0.3) is 0 Å². The second kappa shape index (κ2) is 6.14. The molecule has 0 bridgehead atoms. The van der Waals surface area contributed by atoms with E-state index in [0.29, 0.717) is 6.29 Å². The quantitative estimate of drug-likeness (QED) is 0.810. The number of nitrogens with one attached hydrogen (secondary N) is 1. The summed E-state index contributed by atoms with van der Waals surface area (Å²) in [6.45, 7) is 3.69. The Morgan fingerprint density at radius 1 is 1.50 bits per heavy atom. The first-order valence-corrected chi connectivity index (χ1v) is 5.70. The smallest absolute Gasteiger partial charge is 0.239 e. The highest BCUT2D eigenvalue weighted by Crippen LogP contribution is 2.21. The predicted molar refractivity (Wildman–Crippen MR) is 68.3 cm³/mol. The average molecular weight is 252 g/mol. The Morgan fingerprint density at radius 3 is 2.72 bits per heavy atom. The zero-order chi connectivity index (χ0) is 13.7. The number of benzene rings is 1. The van der Waals surface area contributed by atoms with E-state index in [0.717, 1.165) is 0 Å². The molecule has 0 aliphatic rings. The van der Waals surface area contributed by atoms with Crippen molar-refractivity contribution in [1.29, 1.82) is 0 Å². The molecule has 0 radical (unpaired) electrons. The van der Waals surface area contributed by atoms with E-state index < -0.39 is 5.82 Å². The van der Waals surface area contributed by atoms with Gasteiger partial charge >= 0.3 is 0 Å². The third-order valence-electron chi connectivity index (χ3n) is 2.36. The summed E-state index contributed by atoms with van der Waals surface area (Å²) in [5, 5.41) is 2.71. The van der Waals surface area contributed by atoms with Crippen LogP contribution in [0.4, 0.5) is 10.1 Å². The topological polar surface area (TPSA) is 49.4 Å². The van der Waals surface area contributed by atoms with Crippen LogP contribution in [0, 0.1) is 5.82 Å². The highest BCUT2D eigenvalue weighted by atomic mass is 19.1. The van der Waals surface area contributed by atoms with Gasteiger partial charge in [0.15, 0.2) is 6.29 Å². The van der Waals surface area contributed by atoms with E-state index >= 15 is 0 Å². The molecule has 0 saturated carbocycles. The molecule has 1 rings (SSSR count). The van der Waals surface area contributed by atoms with Crippen molar-refractivity contribution in [3.63, 3.8) is 0 Å². The standard InChI is InChI=1S/C13H17FN2O2/c1-9(2)15-12(18)7-16(3)13-10(8-17)5-4-6-11(13)14/h4-6,8-9H,7H2,1-3H3,(H,15,18). The summed E-state index contributed by atoms with van der Waals surface area (Å²) in [6.07, 6.45) is 0.579. The van der Waals surface area contributed by atoms with E-state index in [2.05, 4.69) is 5.32 Å². The number of hydrogen-bond donors (Lipinski definition) is 1. The number of nitrogens with zero attached hydrogens (tertiary/aromatic N) is 1. The summed E-state index contributed by atoms with van der Waals surface area (Å²) in [4.78, 5) is 23.9. The highest BCUT2D eigenvalue weighted by molar-refractivity contribution is 5.87. The van der Waals surface area contributed by atoms with Gasteiger partial charge in [0.2, 0.25) is 5.91 Å². The zero-order valence-electron chi connectivity index (χ0n) is 10.7. The summed E-state index contributed by atoms with van der Waals surface area (Å²) >= 11 is 0. The molecule has 1 N–H and O–H groups in total. The van der Waals surface area contributed by atoms with Crippen LogP contribution in [0.3, 0.4) is 0 Å². The van der Waals surface area contributed by atoms with Gasteiger partial charge in [-0.2, -0.15) is 0 Å². The van der Waals surface area contributed by atoms with Crippen LogP contribution in [0.1, 0.15) is 24.2 Å². The van der Waals surface area contributed by atoms with Crippen molar-refractivity contribution in [3.8, 4) is 0 Å². The van der Waals surface area contributed by atoms with Crippen molar-refractivity contribution in [1.82, 2.24) is 5.32 Å². The van der Waals surface area contributed by atoms with Gasteiger partial charge in [-0.1, -0.05) is 6.07 Å². The minimum absolute atomic E-state index is 0.0000463. The van der Waals surface area contributed by atoms with Crippen LogP contribution in [0.25, 0.3) is 0 Å². The average Bonchev–Trinajstić information content (AvgIpc) is 2.26. The maximum Gasteiger partial charge on any atom is 0.239 e. The van der Waals surface area contributed by atoms with Gasteiger partial charge in [-0.25, -0.2) is 4.39 Å². The molecule has 98 valence electrons. The molecule has 0 aliphatic carbocycles. The highest BCUT2D eigenvalue weighted by Gasteiger charge is 2.15. The van der Waals surface area contributed by atoms with Gasteiger partial charge in [0.05, 0.1) is 12.2 Å². The maximum atomic E-state index is 13.7. The lowest BCUT2D eigenvalue weighted by Crippen LogP contribution is -2.39. The number of para-hydroxylation sites is 1. The van der Waals surface area contributed by atoms with E-state index in [1.165, 1.54) is 23.1 Å². The van der Waals surface area contributed by atoms with E-state index in [1.54, 1.807) is 7.05 Å². The van der Waals surface area contributed by atoms with Gasteiger partial charge in [0.1, 0.15) is 5.82 Å². The van der Waals surface area contributed by atoms with Gasteiger partial charge in [-0.15, -0.1) is 0 Å². The minimum atomic E-state index is -0.514. The summed E-state index contributed by atoms with van der Waals surface area (Å²) in [6, 6.07) is 4.27. The normalized spacial score (nSPS) is 10.3. The SMILES string of the molecule is CC(C)NC(=O)CN(C)c1c(F)cccc1C=O. The fraction of sp³-hybridized carbons (Fsp3) is 0.385. The molecule has 0 aliphatic heterocycles. The van der Waals surface area contributed by atoms with Crippen molar-refractivity contribution >= 4 is 17.9 Å². The predicted octanol–water partition coefficient (Wildman–Crippen LogP) is 1.60. The Balaban J connectivity index is 2.87. The van der Waals surface area contributed by atoms with Crippen LogP contribution in [-0.2, 0) is 4.79 Å². The molecule has 0 spiro atoms. The van der Waals surface area contributed by atoms with Crippen molar-refractivity contribution in [2.24, 2.45) is 0 Å². The number of hydrogen-bond acceptors (Lipinski definition) is 3. The van der Waals surface area contributed by atoms with Crippen LogP contribution < -0.4 is 10.2 Å². The van der Waals surface area contributed by atoms with Crippen LogP contribution in [-0.4, -0.2) is 31.8 Å². The van der Waals surface area contributed by atoms with E-state index in [1.807, 2.05) is 13.8 Å². The first kappa shape index (κ1) is 14.2. The van der Waals surface area contributed by atoms with Crippen molar-refractivity contribution in [2.45, 2.75) is 19.9 Å². The molecule has 0 aromatic heterocycles. The Labute approximate surface area is 106 Å². The molecule has 0 saturated heterocycles. The van der Waals surface area contributed by atoms with Gasteiger partial charge in [-0.3, -0.25) is 9.59 Å². The molecule has 5 heteroatoms. The molecule has 0 unspecified atom stereocenters. The third-order valence-corrected chi connectivity index (χ3v) is 2.36. The van der Waals surface area contributed by atoms with E-state index in [-0.39, 0.29) is 29.7 Å². The van der Waals surface area contributed by atoms with E-state index in [4.69, 9.17) is 0 Å². The second-order valence-electron chi connectivity index (χ2n) is 4.37. The Morgan fingerprint density at radius 2 is 2.17 bits per heavy atom. The summed E-state index contributed by atoms with van der Waals surface area (Å²) < 4.78 is 13.7. The molecule has 1 aromatic rings. The molecule has 0 heterocycles. The Bertz CT molecular complexity index is 447. The lowest BCUT2D eigenvalue weighted by molar-refractivity contribution is -0.120. The number of halogens is 1. The number of anilines is 1. The van der Waals surface area contributed by atoms with Gasteiger partial charge in [0, 0.05) is 18.7 Å². The van der Waals surface area contributed by atoms with Crippen LogP contribution >= 0.6 is 0 Å². The number of rotatable bonds is 5. The first-order chi connectivity index (χ1) is 8.45. The van der Waals surface area contributed by atoms with E-state index in [9.17, 15) is 14.0 Å². The summed E-state index contributed by atoms with van der Waals surface area (Å²) in [5.74, 6) is -0.730. The number of amides is 1. The minimum Gasteiger partial charge on any atom is -0.362 e. The molecule has 0 fully saturated rings. The summed E-state index contributed by atoms with van der Waals surface area (Å²) in [5.41, 5.74) is 0.376. The summed E-state index contributed by atoms with van der Waals surface area (Å²) in [7, 11) is 1.57. The molecule has 1 aromatic carbocycles. The molecular formula is C13H17FN2O2. The third kappa shape index (κ3) is 3.55. The van der Waals surface area contributed by atoms with Gasteiger partial charge < -0.3 is 10.2 Å². The number of carbonyl (C=O) groups is 2. The monoisotopic (exact) mass is 252 g/mol. The molecule has 1 amide bonds. The lowest BCUT2D eigenvalue weighted by Gasteiger charge is -2.21. The largest absolute Gasteiger partial charge is 0.362 e. The zero-order valence-corrected chi connectivity index (χ0v) is 10.7.